The van der Waals surface area contributed by atoms with Crippen molar-refractivity contribution < 1.29 is 9.53 Å². The number of nitrogens with zero attached hydrogens (tertiary/aromatic N) is 1. The second-order valence-corrected chi connectivity index (χ2v) is 6.34. The van der Waals surface area contributed by atoms with Crippen LogP contribution in [0.3, 0.4) is 0 Å². The van der Waals surface area contributed by atoms with E-state index in [1.165, 1.54) is 0 Å². The highest BCUT2D eigenvalue weighted by Crippen LogP contribution is 2.28. The lowest BCUT2D eigenvalue weighted by atomic mass is 9.87. The lowest BCUT2D eigenvalue weighted by Gasteiger charge is -2.40. The van der Waals surface area contributed by atoms with Crippen LogP contribution in [0, 0.1) is 5.92 Å². The van der Waals surface area contributed by atoms with Gasteiger partial charge in [-0.25, -0.2) is 0 Å². The Kier molecular flexibility index (Phi) is 5.22. The summed E-state index contributed by atoms with van der Waals surface area (Å²) in [5.74, 6) is 1.000. The van der Waals surface area contributed by atoms with Gasteiger partial charge >= 0.3 is 0 Å². The standard InChI is InChI=1S/C15H28N2O2/c1-11(2)10-16-12-6-7-13(14(9-12)19-3)17-8-4-5-15(17)18/h11-14,16H,4-10H2,1-3H3/t12-,13+,14-/m1/s1. The molecule has 4 heteroatoms. The second-order valence-electron chi connectivity index (χ2n) is 6.34. The highest BCUT2D eigenvalue weighted by atomic mass is 16.5. The van der Waals surface area contributed by atoms with Crippen molar-refractivity contribution in [2.45, 2.75) is 64.1 Å². The molecule has 1 amide bonds. The molecule has 0 radical (unpaired) electrons. The second kappa shape index (κ2) is 6.71. The average Bonchev–Trinajstić information content (AvgIpc) is 2.82. The Morgan fingerprint density at radius 3 is 2.79 bits per heavy atom. The summed E-state index contributed by atoms with van der Waals surface area (Å²) in [6, 6.07) is 0.846. The van der Waals surface area contributed by atoms with E-state index in [0.717, 1.165) is 45.2 Å². The predicted octanol–water partition coefficient (Wildman–Crippen LogP) is 1.79. The third kappa shape index (κ3) is 3.69. The minimum absolute atomic E-state index is 0.195. The first-order valence-corrected chi connectivity index (χ1v) is 7.67. The maximum absolute atomic E-state index is 11.9. The van der Waals surface area contributed by atoms with Crippen molar-refractivity contribution in [2.24, 2.45) is 5.92 Å². The van der Waals surface area contributed by atoms with Crippen LogP contribution in [0.2, 0.25) is 0 Å². The molecule has 2 rings (SSSR count). The minimum atomic E-state index is 0.195. The van der Waals surface area contributed by atoms with E-state index in [-0.39, 0.29) is 6.10 Å². The van der Waals surface area contributed by atoms with E-state index in [4.69, 9.17) is 4.74 Å². The summed E-state index contributed by atoms with van der Waals surface area (Å²) in [5, 5.41) is 3.62. The molecular weight excluding hydrogens is 240 g/mol. The van der Waals surface area contributed by atoms with Gasteiger partial charge in [-0.15, -0.1) is 0 Å². The van der Waals surface area contributed by atoms with Crippen molar-refractivity contribution >= 4 is 5.91 Å². The molecule has 0 spiro atoms. The number of likely N-dealkylation sites (tertiary alicyclic amines) is 1. The number of rotatable bonds is 5. The number of ether oxygens (including phenoxy) is 1. The first kappa shape index (κ1) is 14.8. The number of carbonyl (C=O) groups excluding carboxylic acids is 1. The number of nitrogens with one attached hydrogen (secondary N) is 1. The third-order valence-corrected chi connectivity index (χ3v) is 4.38. The smallest absolute Gasteiger partial charge is 0.222 e. The fourth-order valence-electron chi connectivity index (χ4n) is 3.33. The van der Waals surface area contributed by atoms with Gasteiger partial charge in [0, 0.05) is 26.1 Å². The van der Waals surface area contributed by atoms with E-state index in [2.05, 4.69) is 24.1 Å². The molecule has 4 nitrogen and oxygen atoms in total. The fraction of sp³-hybridized carbons (Fsp3) is 0.933. The van der Waals surface area contributed by atoms with Gasteiger partial charge in [-0.2, -0.15) is 0 Å². The zero-order valence-corrected chi connectivity index (χ0v) is 12.5. The van der Waals surface area contributed by atoms with Crippen LogP contribution >= 0.6 is 0 Å². The summed E-state index contributed by atoms with van der Waals surface area (Å²) in [5.41, 5.74) is 0. The molecule has 0 aromatic carbocycles. The molecule has 0 bridgehead atoms. The maximum Gasteiger partial charge on any atom is 0.222 e. The van der Waals surface area contributed by atoms with E-state index in [9.17, 15) is 4.79 Å². The summed E-state index contributed by atoms with van der Waals surface area (Å²) < 4.78 is 5.67. The van der Waals surface area contributed by atoms with Crippen LogP contribution in [0.25, 0.3) is 0 Å². The minimum Gasteiger partial charge on any atom is -0.379 e. The van der Waals surface area contributed by atoms with Gasteiger partial charge in [0.2, 0.25) is 5.91 Å². The van der Waals surface area contributed by atoms with Crippen LogP contribution in [-0.2, 0) is 9.53 Å². The van der Waals surface area contributed by atoms with Gasteiger partial charge in [-0.05, 0) is 38.1 Å². The van der Waals surface area contributed by atoms with Gasteiger partial charge in [-0.1, -0.05) is 13.8 Å². The Morgan fingerprint density at radius 1 is 1.42 bits per heavy atom. The molecule has 0 unspecified atom stereocenters. The van der Waals surface area contributed by atoms with Gasteiger partial charge in [0.1, 0.15) is 0 Å². The van der Waals surface area contributed by atoms with Crippen molar-refractivity contribution in [3.05, 3.63) is 0 Å². The summed E-state index contributed by atoms with van der Waals surface area (Å²) in [4.78, 5) is 13.9. The topological polar surface area (TPSA) is 41.6 Å². The zero-order chi connectivity index (χ0) is 13.8. The van der Waals surface area contributed by atoms with E-state index >= 15 is 0 Å². The molecule has 19 heavy (non-hydrogen) atoms. The Balaban J connectivity index is 1.89. The lowest BCUT2D eigenvalue weighted by Crippen LogP contribution is -2.52. The Morgan fingerprint density at radius 2 is 2.21 bits per heavy atom. The van der Waals surface area contributed by atoms with Gasteiger partial charge < -0.3 is 15.0 Å². The lowest BCUT2D eigenvalue weighted by molar-refractivity contribution is -0.134. The van der Waals surface area contributed by atoms with Crippen molar-refractivity contribution in [1.82, 2.24) is 10.2 Å². The van der Waals surface area contributed by atoms with Crippen molar-refractivity contribution in [3.8, 4) is 0 Å². The van der Waals surface area contributed by atoms with Crippen molar-refractivity contribution in [2.75, 3.05) is 20.2 Å². The number of carbonyl (C=O) groups is 1. The number of hydrogen-bond acceptors (Lipinski definition) is 3. The van der Waals surface area contributed by atoms with Crippen LogP contribution in [0.1, 0.15) is 46.0 Å². The molecular formula is C15H28N2O2. The normalized spacial score (nSPS) is 32.3. The van der Waals surface area contributed by atoms with Crippen LogP contribution < -0.4 is 5.32 Å². The van der Waals surface area contributed by atoms with E-state index in [1.807, 2.05) is 0 Å². The van der Waals surface area contributed by atoms with Gasteiger partial charge in [-0.3, -0.25) is 4.79 Å². The molecule has 0 aromatic heterocycles. The van der Waals surface area contributed by atoms with Crippen molar-refractivity contribution in [1.29, 1.82) is 0 Å². The van der Waals surface area contributed by atoms with Crippen LogP contribution in [0.5, 0.6) is 0 Å². The molecule has 110 valence electrons. The van der Waals surface area contributed by atoms with Gasteiger partial charge in [0.15, 0.2) is 0 Å². The summed E-state index contributed by atoms with van der Waals surface area (Å²) in [7, 11) is 1.78. The molecule has 2 aliphatic rings. The van der Waals surface area contributed by atoms with Crippen LogP contribution in [0.15, 0.2) is 0 Å². The average molecular weight is 268 g/mol. The largest absolute Gasteiger partial charge is 0.379 e. The molecule has 2 fully saturated rings. The molecule has 0 aromatic rings. The SMILES string of the molecule is CO[C@@H]1C[C@H](NCC(C)C)CC[C@@H]1N1CCCC1=O. The monoisotopic (exact) mass is 268 g/mol. The fourth-order valence-corrected chi connectivity index (χ4v) is 3.33. The Bertz CT molecular complexity index is 307. The molecule has 1 saturated heterocycles. The van der Waals surface area contributed by atoms with Gasteiger partial charge in [0.05, 0.1) is 12.1 Å². The molecule has 1 aliphatic heterocycles. The molecule has 1 aliphatic carbocycles. The van der Waals surface area contributed by atoms with E-state index < -0.39 is 0 Å². The summed E-state index contributed by atoms with van der Waals surface area (Å²) in [6.45, 7) is 6.45. The Labute approximate surface area is 116 Å². The maximum atomic E-state index is 11.9. The Hall–Kier alpha value is -0.610. The molecule has 3 atom stereocenters. The van der Waals surface area contributed by atoms with Gasteiger partial charge in [0.25, 0.3) is 0 Å². The van der Waals surface area contributed by atoms with E-state index in [0.29, 0.717) is 23.9 Å². The first-order valence-electron chi connectivity index (χ1n) is 7.67. The number of methoxy groups -OCH3 is 1. The molecule has 1 heterocycles. The zero-order valence-electron chi connectivity index (χ0n) is 12.5. The molecule has 1 saturated carbocycles. The number of hydrogen-bond donors (Lipinski definition) is 1. The highest BCUT2D eigenvalue weighted by molar-refractivity contribution is 5.78. The van der Waals surface area contributed by atoms with Crippen LogP contribution in [0.4, 0.5) is 0 Å². The summed E-state index contributed by atoms with van der Waals surface area (Å²) >= 11 is 0. The number of amides is 1. The quantitative estimate of drug-likeness (QED) is 0.826. The van der Waals surface area contributed by atoms with Crippen LogP contribution in [-0.4, -0.2) is 49.2 Å². The third-order valence-electron chi connectivity index (χ3n) is 4.38. The predicted molar refractivity (Wildman–Crippen MR) is 76.0 cm³/mol. The molecule has 1 N–H and O–H groups in total. The summed E-state index contributed by atoms with van der Waals surface area (Å²) in [6.07, 6.45) is 5.18. The van der Waals surface area contributed by atoms with E-state index in [1.54, 1.807) is 7.11 Å². The first-order chi connectivity index (χ1) is 9.11. The highest BCUT2D eigenvalue weighted by Gasteiger charge is 2.37. The van der Waals surface area contributed by atoms with Crippen molar-refractivity contribution in [3.63, 3.8) is 0 Å².